The molecule has 1 atom stereocenters. The Balaban J connectivity index is 1.74. The molecular weight excluding hydrogens is 319 g/mol. The number of carbonyl (C=O) groups is 1. The molecule has 0 saturated heterocycles. The molecule has 0 aliphatic carbocycles. The molecule has 1 amide bonds. The summed E-state index contributed by atoms with van der Waals surface area (Å²) in [4.78, 5) is 14.4. The van der Waals surface area contributed by atoms with E-state index in [2.05, 4.69) is 18.3 Å². The number of nitrogens with one attached hydrogen (secondary N) is 1. The number of halogens is 2. The van der Waals surface area contributed by atoms with E-state index in [4.69, 9.17) is 23.2 Å². The molecule has 3 nitrogen and oxygen atoms in total. The van der Waals surface area contributed by atoms with E-state index in [1.54, 1.807) is 12.1 Å². The van der Waals surface area contributed by atoms with Crippen LogP contribution in [0.5, 0.6) is 0 Å². The minimum absolute atomic E-state index is 0.0218. The van der Waals surface area contributed by atoms with E-state index in [1.165, 1.54) is 5.56 Å². The molecule has 1 heterocycles. The fourth-order valence-electron chi connectivity index (χ4n) is 2.84. The highest BCUT2D eigenvalue weighted by Gasteiger charge is 2.30. The lowest BCUT2D eigenvalue weighted by Crippen LogP contribution is -2.39. The number of benzene rings is 2. The van der Waals surface area contributed by atoms with E-state index in [0.29, 0.717) is 15.7 Å². The maximum Gasteiger partial charge on any atom is 0.246 e. The minimum atomic E-state index is 0.0218. The predicted octanol–water partition coefficient (Wildman–Crippen LogP) is 4.38. The standard InChI is InChI=1S/C17H16Cl2N2O/c1-11-9-12-5-2-3-8-15(12)21(11)16(22)10-20-14-7-4-6-13(18)17(14)19/h2-8,11,20H,9-10H2,1H3. The quantitative estimate of drug-likeness (QED) is 0.903. The Kier molecular flexibility index (Phi) is 4.27. The number of amides is 1. The van der Waals surface area contributed by atoms with Crippen LogP contribution in [0.15, 0.2) is 42.5 Å². The maximum absolute atomic E-state index is 12.6. The van der Waals surface area contributed by atoms with Gasteiger partial charge in [0.25, 0.3) is 0 Å². The fourth-order valence-corrected chi connectivity index (χ4v) is 3.21. The molecule has 1 aliphatic heterocycles. The van der Waals surface area contributed by atoms with Gasteiger partial charge in [0.1, 0.15) is 0 Å². The molecule has 0 spiro atoms. The Hall–Kier alpha value is -1.71. The number of rotatable bonds is 3. The van der Waals surface area contributed by atoms with Crippen molar-refractivity contribution in [3.05, 3.63) is 58.1 Å². The molecule has 0 saturated carbocycles. The van der Waals surface area contributed by atoms with Crippen molar-refractivity contribution in [3.8, 4) is 0 Å². The summed E-state index contributed by atoms with van der Waals surface area (Å²) in [6, 6.07) is 13.5. The molecule has 0 fully saturated rings. The molecule has 22 heavy (non-hydrogen) atoms. The molecule has 0 aromatic heterocycles. The second-order valence-corrected chi connectivity index (χ2v) is 6.19. The van der Waals surface area contributed by atoms with Crippen LogP contribution in [-0.4, -0.2) is 18.5 Å². The van der Waals surface area contributed by atoms with Crippen molar-refractivity contribution in [2.24, 2.45) is 0 Å². The summed E-state index contributed by atoms with van der Waals surface area (Å²) in [6.45, 7) is 2.24. The molecule has 5 heteroatoms. The van der Waals surface area contributed by atoms with E-state index in [0.717, 1.165) is 12.1 Å². The zero-order chi connectivity index (χ0) is 15.7. The maximum atomic E-state index is 12.6. The average molecular weight is 335 g/mol. The number of para-hydroxylation sites is 1. The Morgan fingerprint density at radius 1 is 1.23 bits per heavy atom. The van der Waals surface area contributed by atoms with Crippen LogP contribution in [0, 0.1) is 0 Å². The first kappa shape index (κ1) is 15.2. The van der Waals surface area contributed by atoms with Crippen molar-refractivity contribution in [3.63, 3.8) is 0 Å². The van der Waals surface area contributed by atoms with E-state index >= 15 is 0 Å². The monoisotopic (exact) mass is 334 g/mol. The van der Waals surface area contributed by atoms with Gasteiger partial charge in [-0.25, -0.2) is 0 Å². The topological polar surface area (TPSA) is 32.3 Å². The van der Waals surface area contributed by atoms with Crippen LogP contribution in [0.25, 0.3) is 0 Å². The number of carbonyl (C=O) groups excluding carboxylic acids is 1. The normalized spacial score (nSPS) is 16.5. The molecule has 0 radical (unpaired) electrons. The summed E-state index contributed by atoms with van der Waals surface area (Å²) in [5, 5.41) is 3.98. The number of nitrogens with zero attached hydrogens (tertiary/aromatic N) is 1. The lowest BCUT2D eigenvalue weighted by atomic mass is 10.1. The van der Waals surface area contributed by atoms with Gasteiger partial charge >= 0.3 is 0 Å². The second kappa shape index (κ2) is 6.19. The summed E-state index contributed by atoms with van der Waals surface area (Å²) < 4.78 is 0. The van der Waals surface area contributed by atoms with Crippen LogP contribution >= 0.6 is 23.2 Å². The molecule has 2 aromatic carbocycles. The third-order valence-corrected chi connectivity index (χ3v) is 4.68. The number of anilines is 2. The smallest absolute Gasteiger partial charge is 0.246 e. The van der Waals surface area contributed by atoms with Gasteiger partial charge < -0.3 is 10.2 Å². The highest BCUT2D eigenvalue weighted by molar-refractivity contribution is 6.43. The highest BCUT2D eigenvalue weighted by Crippen LogP contribution is 2.32. The van der Waals surface area contributed by atoms with Crippen molar-refractivity contribution < 1.29 is 4.79 Å². The molecule has 2 aromatic rings. The van der Waals surface area contributed by atoms with E-state index in [-0.39, 0.29) is 18.5 Å². The average Bonchev–Trinajstić information content (AvgIpc) is 2.84. The van der Waals surface area contributed by atoms with Crippen LogP contribution in [-0.2, 0) is 11.2 Å². The molecule has 114 valence electrons. The van der Waals surface area contributed by atoms with Crippen LogP contribution in [0.1, 0.15) is 12.5 Å². The third-order valence-electron chi connectivity index (χ3n) is 3.86. The van der Waals surface area contributed by atoms with Gasteiger partial charge in [0, 0.05) is 11.7 Å². The summed E-state index contributed by atoms with van der Waals surface area (Å²) in [5.74, 6) is 0.0218. The van der Waals surface area contributed by atoms with Gasteiger partial charge in [0.05, 0.1) is 22.3 Å². The van der Waals surface area contributed by atoms with Gasteiger partial charge in [0.2, 0.25) is 5.91 Å². The first-order valence-electron chi connectivity index (χ1n) is 7.16. The van der Waals surface area contributed by atoms with Gasteiger partial charge in [-0.2, -0.15) is 0 Å². The van der Waals surface area contributed by atoms with Crippen molar-refractivity contribution >= 4 is 40.5 Å². The SMILES string of the molecule is CC1Cc2ccccc2N1C(=O)CNc1cccc(Cl)c1Cl. The van der Waals surface area contributed by atoms with Crippen molar-refractivity contribution in [2.45, 2.75) is 19.4 Å². The number of hydrogen-bond donors (Lipinski definition) is 1. The van der Waals surface area contributed by atoms with Gasteiger partial charge in [0.15, 0.2) is 0 Å². The largest absolute Gasteiger partial charge is 0.375 e. The van der Waals surface area contributed by atoms with Crippen LogP contribution in [0.3, 0.4) is 0 Å². The lowest BCUT2D eigenvalue weighted by molar-refractivity contribution is -0.117. The van der Waals surface area contributed by atoms with Crippen molar-refractivity contribution in [1.29, 1.82) is 0 Å². The molecule has 1 aliphatic rings. The molecular formula is C17H16Cl2N2O. The first-order valence-corrected chi connectivity index (χ1v) is 7.91. The van der Waals surface area contributed by atoms with E-state index in [1.807, 2.05) is 29.2 Å². The predicted molar refractivity (Wildman–Crippen MR) is 92.0 cm³/mol. The van der Waals surface area contributed by atoms with E-state index in [9.17, 15) is 4.79 Å². The summed E-state index contributed by atoms with van der Waals surface area (Å²) in [6.07, 6.45) is 0.889. The Bertz CT molecular complexity index is 718. The van der Waals surface area contributed by atoms with Crippen molar-refractivity contribution in [1.82, 2.24) is 0 Å². The summed E-state index contributed by atoms with van der Waals surface area (Å²) in [7, 11) is 0. The second-order valence-electron chi connectivity index (χ2n) is 5.40. The number of hydrogen-bond acceptors (Lipinski definition) is 2. The molecule has 1 unspecified atom stereocenters. The Morgan fingerprint density at radius 3 is 2.82 bits per heavy atom. The molecule has 3 rings (SSSR count). The first-order chi connectivity index (χ1) is 10.6. The molecule has 1 N–H and O–H groups in total. The Labute approximate surface area is 139 Å². The number of fused-ring (bicyclic) bond motifs is 1. The van der Waals surface area contributed by atoms with Crippen molar-refractivity contribution in [2.75, 3.05) is 16.8 Å². The van der Waals surface area contributed by atoms with Crippen LogP contribution < -0.4 is 10.2 Å². The van der Waals surface area contributed by atoms with Crippen LogP contribution in [0.2, 0.25) is 10.0 Å². The van der Waals surface area contributed by atoms with Gasteiger partial charge in [-0.1, -0.05) is 47.5 Å². The van der Waals surface area contributed by atoms with Gasteiger partial charge in [-0.15, -0.1) is 0 Å². The zero-order valence-electron chi connectivity index (χ0n) is 12.1. The van der Waals surface area contributed by atoms with E-state index < -0.39 is 0 Å². The van der Waals surface area contributed by atoms with Gasteiger partial charge in [-0.05, 0) is 37.1 Å². The van der Waals surface area contributed by atoms with Crippen LogP contribution in [0.4, 0.5) is 11.4 Å². The Morgan fingerprint density at radius 2 is 2.00 bits per heavy atom. The summed E-state index contributed by atoms with van der Waals surface area (Å²) >= 11 is 12.1. The summed E-state index contributed by atoms with van der Waals surface area (Å²) in [5.41, 5.74) is 2.88. The highest BCUT2D eigenvalue weighted by atomic mass is 35.5. The van der Waals surface area contributed by atoms with Gasteiger partial charge in [-0.3, -0.25) is 4.79 Å². The lowest BCUT2D eigenvalue weighted by Gasteiger charge is -2.23. The zero-order valence-corrected chi connectivity index (χ0v) is 13.7. The fraction of sp³-hybridized carbons (Fsp3) is 0.235. The molecule has 0 bridgehead atoms. The minimum Gasteiger partial charge on any atom is -0.375 e. The third kappa shape index (κ3) is 2.79.